The van der Waals surface area contributed by atoms with Crippen LogP contribution in [0.1, 0.15) is 31.8 Å². The van der Waals surface area contributed by atoms with Crippen LogP contribution < -0.4 is 36.5 Å². The Bertz CT molecular complexity index is 3060. The maximum absolute atomic E-state index is 16.2. The maximum atomic E-state index is 16.2. The summed E-state index contributed by atoms with van der Waals surface area (Å²) in [5.41, 5.74) is -4.19. The number of hydrogen-bond acceptors (Lipinski definition) is 5. The molecule has 9 rings (SSSR count). The third-order valence-electron chi connectivity index (χ3n) is 13.5. The standard InChI is InChI=1S/C60H45BF8O5P2/c62-55-37-21-19-35-53(55)57(70)42-75(47-23-7-1-8-24-47,48-25-9-2-10-26-48,49-27-11-3-12-28-49)73-61(72-46-40-44(59(64,65)66)39-45(41-46)60(67,68)69)74-76(50-29-13-4-14-30-50,51-31-15-5-16-32-51,52-33-17-6-18-34-52)43-58(71)54-36-20-22-38-56(54)63/h1-41H,42-43H2. The molecule has 0 atom stereocenters. The summed E-state index contributed by atoms with van der Waals surface area (Å²) in [5.74, 6) is -4.44. The molecule has 0 unspecified atom stereocenters. The Labute approximate surface area is 434 Å². The van der Waals surface area contributed by atoms with E-state index in [9.17, 15) is 26.3 Å². The Kier molecular flexibility index (Phi) is 14.9. The zero-order valence-electron chi connectivity index (χ0n) is 40.1. The van der Waals surface area contributed by atoms with Crippen molar-refractivity contribution in [1.82, 2.24) is 0 Å². The van der Waals surface area contributed by atoms with E-state index in [0.29, 0.717) is 12.1 Å². The van der Waals surface area contributed by atoms with E-state index in [1.54, 1.807) is 182 Å². The van der Waals surface area contributed by atoms with Gasteiger partial charge in [0, 0.05) is 0 Å². The number of carbonyl (C=O) groups is 2. The molecule has 0 fully saturated rings. The normalized spacial score (nSPS) is 13.1. The SMILES string of the molecule is O=C(CP(OB(Oc1cc(C(F)(F)F)cc(C(F)(F)F)c1)OP(CC(=O)c1ccccc1F)(c1ccccc1)(c1ccccc1)c1ccccc1)(c1ccccc1)(c1ccccc1)c1ccccc1)c1ccccc1F. The molecule has 9 aromatic rings. The van der Waals surface area contributed by atoms with Crippen LogP contribution in [0.5, 0.6) is 5.75 Å². The van der Waals surface area contributed by atoms with Gasteiger partial charge < -0.3 is 0 Å². The van der Waals surface area contributed by atoms with Crippen molar-refractivity contribution in [3.63, 3.8) is 0 Å². The summed E-state index contributed by atoms with van der Waals surface area (Å²) in [6, 6.07) is 61.1. The van der Waals surface area contributed by atoms with Gasteiger partial charge in [0.05, 0.1) is 0 Å². The first-order chi connectivity index (χ1) is 36.5. The average Bonchev–Trinajstić information content (AvgIpc) is 3.51. The molecule has 16 heteroatoms. The predicted octanol–water partition coefficient (Wildman–Crippen LogP) is 13.1. The first-order valence-corrected chi connectivity index (χ1v) is 28.4. The molecular weight excluding hydrogens is 1030 g/mol. The van der Waals surface area contributed by atoms with Gasteiger partial charge in [-0.15, -0.1) is 0 Å². The van der Waals surface area contributed by atoms with Gasteiger partial charge in [-0.2, -0.15) is 0 Å². The van der Waals surface area contributed by atoms with E-state index >= 15 is 18.4 Å². The van der Waals surface area contributed by atoms with Crippen LogP contribution in [0.25, 0.3) is 0 Å². The van der Waals surface area contributed by atoms with Gasteiger partial charge in [0.1, 0.15) is 0 Å². The van der Waals surface area contributed by atoms with Gasteiger partial charge in [-0.25, -0.2) is 0 Å². The Morgan fingerprint density at radius 1 is 0.368 bits per heavy atom. The monoisotopic (exact) mass is 1070 g/mol. The van der Waals surface area contributed by atoms with Crippen molar-refractivity contribution in [2.24, 2.45) is 0 Å². The first kappa shape index (κ1) is 53.2. The molecule has 0 radical (unpaired) electrons. The van der Waals surface area contributed by atoms with Crippen LogP contribution in [0.4, 0.5) is 35.1 Å². The Morgan fingerprint density at radius 2 is 0.618 bits per heavy atom. The predicted molar refractivity (Wildman–Crippen MR) is 286 cm³/mol. The van der Waals surface area contributed by atoms with Crippen LogP contribution >= 0.6 is 13.7 Å². The van der Waals surface area contributed by atoms with Gasteiger partial charge in [0.2, 0.25) is 0 Å². The van der Waals surface area contributed by atoms with E-state index in [4.69, 9.17) is 13.5 Å². The fourth-order valence-electron chi connectivity index (χ4n) is 9.98. The van der Waals surface area contributed by atoms with Crippen molar-refractivity contribution in [1.29, 1.82) is 0 Å². The Morgan fingerprint density at radius 3 is 0.868 bits per heavy atom. The van der Waals surface area contributed by atoms with Crippen molar-refractivity contribution < 1.29 is 58.2 Å². The third kappa shape index (κ3) is 9.78. The minimum atomic E-state index is -5.51. The fraction of sp³-hybridized carbons (Fsp3) is 0.0667. The molecule has 0 aliphatic heterocycles. The molecule has 0 aromatic heterocycles. The van der Waals surface area contributed by atoms with E-state index < -0.39 is 85.7 Å². The van der Waals surface area contributed by atoms with Gasteiger partial charge in [-0.1, -0.05) is 0 Å². The second kappa shape index (κ2) is 21.2. The summed E-state index contributed by atoms with van der Waals surface area (Å²) in [6.45, 7) is -11.0. The number of alkyl halides is 6. The molecule has 0 aliphatic carbocycles. The average molecular weight is 1070 g/mol. The summed E-state index contributed by atoms with van der Waals surface area (Å²) in [4.78, 5) is 31.0. The second-order valence-corrected chi connectivity index (χ2v) is 26.9. The second-order valence-electron chi connectivity index (χ2n) is 17.9. The molecule has 0 bridgehead atoms. The van der Waals surface area contributed by atoms with Crippen LogP contribution in [0.3, 0.4) is 0 Å². The number of ketones is 2. The molecule has 0 aliphatic rings. The van der Waals surface area contributed by atoms with Crippen molar-refractivity contribution in [3.05, 3.63) is 283 Å². The Balaban J connectivity index is 1.48. The van der Waals surface area contributed by atoms with Crippen LogP contribution in [0.2, 0.25) is 0 Å². The van der Waals surface area contributed by atoms with E-state index in [1.165, 1.54) is 36.4 Å². The number of benzene rings is 9. The molecule has 0 heterocycles. The summed E-state index contributed by atoms with van der Waals surface area (Å²) < 4.78 is 144. The summed E-state index contributed by atoms with van der Waals surface area (Å²) in [5, 5.41) is 1.64. The van der Waals surface area contributed by atoms with E-state index in [2.05, 4.69) is 0 Å². The van der Waals surface area contributed by atoms with Crippen molar-refractivity contribution in [2.75, 3.05) is 12.3 Å². The molecule has 0 saturated carbocycles. The zero-order chi connectivity index (χ0) is 53.7. The van der Waals surface area contributed by atoms with Gasteiger partial charge >= 0.3 is 436 Å². The summed E-state index contributed by atoms with van der Waals surface area (Å²) in [7, 11) is -2.55. The molecule has 0 spiro atoms. The zero-order valence-corrected chi connectivity index (χ0v) is 41.9. The van der Waals surface area contributed by atoms with Gasteiger partial charge in [-0.05, 0) is 0 Å². The van der Waals surface area contributed by atoms with Gasteiger partial charge in [0.25, 0.3) is 0 Å². The molecular formula is C60H45BF8O5P2. The molecule has 384 valence electrons. The van der Waals surface area contributed by atoms with E-state index in [1.807, 2.05) is 0 Å². The molecule has 5 nitrogen and oxygen atoms in total. The quantitative estimate of drug-likeness (QED) is 0.0371. The van der Waals surface area contributed by atoms with Crippen molar-refractivity contribution in [2.45, 2.75) is 12.4 Å². The molecule has 76 heavy (non-hydrogen) atoms. The summed E-state index contributed by atoms with van der Waals surface area (Å²) >= 11 is 0. The van der Waals surface area contributed by atoms with Crippen molar-refractivity contribution >= 4 is 64.4 Å². The van der Waals surface area contributed by atoms with Gasteiger partial charge in [0.15, 0.2) is 0 Å². The number of carbonyl (C=O) groups excluding carboxylic acids is 2. The number of halogens is 8. The number of hydrogen-bond donors (Lipinski definition) is 0. The molecule has 0 amide bonds. The summed E-state index contributed by atoms with van der Waals surface area (Å²) in [6.07, 6.45) is -12.2. The van der Waals surface area contributed by atoms with Crippen LogP contribution in [-0.2, 0) is 21.2 Å². The number of Topliss-reactive ketones (excluding diaryl/α,β-unsaturated/α-hetero) is 2. The topological polar surface area (TPSA) is 61.8 Å². The number of rotatable bonds is 18. The Hall–Kier alpha value is -7.60. The van der Waals surface area contributed by atoms with Crippen LogP contribution in [0, 0.1) is 11.6 Å². The van der Waals surface area contributed by atoms with E-state index in [0.717, 1.165) is 12.1 Å². The van der Waals surface area contributed by atoms with Gasteiger partial charge in [-0.3, -0.25) is 0 Å². The first-order valence-electron chi connectivity index (χ1n) is 23.7. The third-order valence-corrected chi connectivity index (χ3v) is 24.9. The molecule has 0 N–H and O–H groups in total. The van der Waals surface area contributed by atoms with Crippen LogP contribution in [0.15, 0.2) is 249 Å². The molecule has 0 saturated heterocycles. The van der Waals surface area contributed by atoms with E-state index in [-0.39, 0.29) is 49.0 Å². The fourth-order valence-corrected chi connectivity index (χ4v) is 21.0. The minimum absolute atomic E-state index is 0.0560. The van der Waals surface area contributed by atoms with Crippen LogP contribution in [-0.4, -0.2) is 31.2 Å². The molecule has 9 aromatic carbocycles. The van der Waals surface area contributed by atoms with Crippen molar-refractivity contribution in [3.8, 4) is 5.75 Å².